The topological polar surface area (TPSA) is 85.8 Å². The first-order valence-electron chi connectivity index (χ1n) is 8.28. The van der Waals surface area contributed by atoms with E-state index < -0.39 is 0 Å². The van der Waals surface area contributed by atoms with Crippen LogP contribution < -0.4 is 5.32 Å². The second-order valence-corrected chi connectivity index (χ2v) is 7.06. The standard InChI is InChI=1S/C16H23N5O2S/c1-10-11(2)21(12-6-4-5-7-12)16(18-10)24-9-15-19-13(20-23-15)8-14(22)17-3/h12H,4-9H2,1-3H3,(H,17,22). The summed E-state index contributed by atoms with van der Waals surface area (Å²) in [7, 11) is 1.59. The fourth-order valence-corrected chi connectivity index (χ4v) is 4.07. The van der Waals surface area contributed by atoms with Gasteiger partial charge in [0.2, 0.25) is 11.8 Å². The van der Waals surface area contributed by atoms with Crippen molar-refractivity contribution in [3.8, 4) is 0 Å². The number of imidazole rings is 1. The zero-order valence-corrected chi connectivity index (χ0v) is 15.2. The first-order valence-corrected chi connectivity index (χ1v) is 9.27. The van der Waals surface area contributed by atoms with Crippen LogP contribution in [0.1, 0.15) is 54.8 Å². The highest BCUT2D eigenvalue weighted by atomic mass is 32.2. The lowest BCUT2D eigenvalue weighted by molar-refractivity contribution is -0.120. The van der Waals surface area contributed by atoms with Crippen LogP contribution in [-0.4, -0.2) is 32.6 Å². The summed E-state index contributed by atoms with van der Waals surface area (Å²) in [5, 5.41) is 7.42. The van der Waals surface area contributed by atoms with Gasteiger partial charge in [0.25, 0.3) is 0 Å². The molecule has 1 aliphatic carbocycles. The maximum absolute atomic E-state index is 11.4. The maximum atomic E-state index is 11.4. The molecule has 2 heterocycles. The van der Waals surface area contributed by atoms with E-state index in [2.05, 4.69) is 33.9 Å². The first-order chi connectivity index (χ1) is 11.6. The molecule has 2 aromatic rings. The van der Waals surface area contributed by atoms with Gasteiger partial charge in [-0.05, 0) is 26.7 Å². The third kappa shape index (κ3) is 3.63. The number of hydrogen-bond donors (Lipinski definition) is 1. The predicted molar refractivity (Wildman–Crippen MR) is 90.8 cm³/mol. The number of carbonyl (C=O) groups excluding carboxylic acids is 1. The average Bonchev–Trinajstić information content (AvgIpc) is 3.28. The first kappa shape index (κ1) is 17.0. The SMILES string of the molecule is CNC(=O)Cc1noc(CSc2nc(C)c(C)n2C2CCCC2)n1. The Kier molecular flexibility index (Phi) is 5.23. The van der Waals surface area contributed by atoms with Gasteiger partial charge in [0.1, 0.15) is 0 Å². The van der Waals surface area contributed by atoms with Gasteiger partial charge in [-0.1, -0.05) is 29.8 Å². The Labute approximate surface area is 145 Å². The molecule has 1 amide bonds. The van der Waals surface area contributed by atoms with Gasteiger partial charge in [0, 0.05) is 18.8 Å². The maximum Gasteiger partial charge on any atom is 0.237 e. The van der Waals surface area contributed by atoms with Crippen LogP contribution in [-0.2, 0) is 17.0 Å². The second-order valence-electron chi connectivity index (χ2n) is 6.12. The van der Waals surface area contributed by atoms with Crippen molar-refractivity contribution in [1.29, 1.82) is 0 Å². The molecule has 1 fully saturated rings. The Morgan fingerprint density at radius 3 is 2.79 bits per heavy atom. The van der Waals surface area contributed by atoms with Crippen molar-refractivity contribution in [3.05, 3.63) is 23.1 Å². The highest BCUT2D eigenvalue weighted by Gasteiger charge is 2.23. The third-order valence-corrected chi connectivity index (χ3v) is 5.41. The summed E-state index contributed by atoms with van der Waals surface area (Å²) in [5.74, 6) is 1.37. The minimum atomic E-state index is -0.127. The van der Waals surface area contributed by atoms with E-state index in [1.807, 2.05) is 0 Å². The van der Waals surface area contributed by atoms with Crippen molar-refractivity contribution in [2.45, 2.75) is 62.9 Å². The lowest BCUT2D eigenvalue weighted by Crippen LogP contribution is -2.20. The molecule has 8 heteroatoms. The van der Waals surface area contributed by atoms with Crippen LogP contribution in [0.5, 0.6) is 0 Å². The molecule has 1 aliphatic rings. The van der Waals surface area contributed by atoms with Crippen LogP contribution in [0, 0.1) is 13.8 Å². The molecular weight excluding hydrogens is 326 g/mol. The van der Waals surface area contributed by atoms with Gasteiger partial charge in [-0.3, -0.25) is 4.79 Å². The molecule has 24 heavy (non-hydrogen) atoms. The summed E-state index contributed by atoms with van der Waals surface area (Å²) in [4.78, 5) is 20.3. The summed E-state index contributed by atoms with van der Waals surface area (Å²) >= 11 is 1.62. The van der Waals surface area contributed by atoms with Crippen LogP contribution in [0.15, 0.2) is 9.68 Å². The Morgan fingerprint density at radius 2 is 2.08 bits per heavy atom. The van der Waals surface area contributed by atoms with Crippen LogP contribution in [0.3, 0.4) is 0 Å². The molecule has 3 rings (SSSR count). The van der Waals surface area contributed by atoms with E-state index >= 15 is 0 Å². The Hall–Kier alpha value is -1.83. The molecule has 0 unspecified atom stereocenters. The van der Waals surface area contributed by atoms with E-state index in [1.54, 1.807) is 18.8 Å². The molecule has 0 saturated heterocycles. The van der Waals surface area contributed by atoms with Gasteiger partial charge in [-0.2, -0.15) is 4.98 Å². The zero-order chi connectivity index (χ0) is 17.1. The summed E-state index contributed by atoms with van der Waals surface area (Å²) in [6, 6.07) is 0.556. The summed E-state index contributed by atoms with van der Waals surface area (Å²) in [6.45, 7) is 4.19. The molecule has 1 N–H and O–H groups in total. The number of amides is 1. The van der Waals surface area contributed by atoms with Gasteiger partial charge in [-0.25, -0.2) is 4.98 Å². The van der Waals surface area contributed by atoms with Crippen LogP contribution >= 0.6 is 11.8 Å². The molecule has 130 valence electrons. The van der Waals surface area contributed by atoms with Crippen LogP contribution in [0.2, 0.25) is 0 Å². The number of nitrogens with one attached hydrogen (secondary N) is 1. The average molecular weight is 349 g/mol. The molecule has 0 bridgehead atoms. The van der Waals surface area contributed by atoms with Gasteiger partial charge in [0.05, 0.1) is 17.9 Å². The van der Waals surface area contributed by atoms with Crippen molar-refractivity contribution in [3.63, 3.8) is 0 Å². The quantitative estimate of drug-likeness (QED) is 0.807. The van der Waals surface area contributed by atoms with Crippen LogP contribution in [0.4, 0.5) is 0 Å². The number of thioether (sulfide) groups is 1. The zero-order valence-electron chi connectivity index (χ0n) is 14.3. The summed E-state index contributed by atoms with van der Waals surface area (Å²) < 4.78 is 7.61. The van der Waals surface area contributed by atoms with Gasteiger partial charge >= 0.3 is 0 Å². The van der Waals surface area contributed by atoms with E-state index in [0.29, 0.717) is 23.5 Å². The normalized spacial score (nSPS) is 15.1. The Morgan fingerprint density at radius 1 is 1.33 bits per heavy atom. The van der Waals surface area contributed by atoms with Gasteiger partial charge in [-0.15, -0.1) is 0 Å². The van der Waals surface area contributed by atoms with E-state index in [-0.39, 0.29) is 12.3 Å². The fourth-order valence-electron chi connectivity index (χ4n) is 3.07. The molecule has 0 radical (unpaired) electrons. The third-order valence-electron chi connectivity index (χ3n) is 4.48. The number of aromatic nitrogens is 4. The smallest absolute Gasteiger partial charge is 0.237 e. The second kappa shape index (κ2) is 7.38. The largest absolute Gasteiger partial charge is 0.359 e. The molecule has 7 nitrogen and oxygen atoms in total. The summed E-state index contributed by atoms with van der Waals surface area (Å²) in [6.07, 6.45) is 5.16. The highest BCUT2D eigenvalue weighted by molar-refractivity contribution is 7.98. The lowest BCUT2D eigenvalue weighted by atomic mass is 10.2. The fraction of sp³-hybridized carbons (Fsp3) is 0.625. The van der Waals surface area contributed by atoms with Crippen molar-refractivity contribution < 1.29 is 9.32 Å². The van der Waals surface area contributed by atoms with Gasteiger partial charge < -0.3 is 14.4 Å². The Balaban J connectivity index is 1.68. The number of nitrogens with zero attached hydrogens (tertiary/aromatic N) is 4. The molecule has 1 saturated carbocycles. The molecular formula is C16H23N5O2S. The van der Waals surface area contributed by atoms with E-state index in [9.17, 15) is 4.79 Å². The minimum Gasteiger partial charge on any atom is -0.359 e. The van der Waals surface area contributed by atoms with Crippen molar-refractivity contribution in [2.24, 2.45) is 0 Å². The number of rotatable bonds is 6. The molecule has 0 spiro atoms. The monoisotopic (exact) mass is 349 g/mol. The van der Waals surface area contributed by atoms with Crippen molar-refractivity contribution >= 4 is 17.7 Å². The number of carbonyl (C=O) groups is 1. The van der Waals surface area contributed by atoms with E-state index in [0.717, 1.165) is 10.9 Å². The molecule has 0 atom stereocenters. The van der Waals surface area contributed by atoms with E-state index in [4.69, 9.17) is 9.51 Å². The number of likely N-dealkylation sites (N-methyl/N-ethyl adjacent to an activating group) is 1. The van der Waals surface area contributed by atoms with E-state index in [1.165, 1.54) is 31.4 Å². The van der Waals surface area contributed by atoms with Crippen LogP contribution in [0.25, 0.3) is 0 Å². The molecule has 0 aromatic carbocycles. The minimum absolute atomic E-state index is 0.127. The number of aryl methyl sites for hydroxylation is 1. The number of hydrogen-bond acceptors (Lipinski definition) is 6. The summed E-state index contributed by atoms with van der Waals surface area (Å²) in [5.41, 5.74) is 2.32. The van der Waals surface area contributed by atoms with Gasteiger partial charge in [0.15, 0.2) is 11.0 Å². The highest BCUT2D eigenvalue weighted by Crippen LogP contribution is 2.35. The lowest BCUT2D eigenvalue weighted by Gasteiger charge is -2.16. The van der Waals surface area contributed by atoms with Crippen molar-refractivity contribution in [1.82, 2.24) is 25.0 Å². The molecule has 2 aromatic heterocycles. The van der Waals surface area contributed by atoms with Crippen molar-refractivity contribution in [2.75, 3.05) is 7.05 Å². The Bertz CT molecular complexity index is 718. The molecule has 0 aliphatic heterocycles. The predicted octanol–water partition coefficient (Wildman–Crippen LogP) is 2.58.